The molecular weight excluding hydrogens is 446 g/mol. The first-order chi connectivity index (χ1) is 15.5. The van der Waals surface area contributed by atoms with Crippen LogP contribution in [0.5, 0.6) is 0 Å². The number of rotatable bonds is 11. The minimum atomic E-state index is -2.62. The number of aliphatic hydroxyl groups is 1. The fraction of sp³-hybridized carbons (Fsp3) is 0.500. The smallest absolute Gasteiger partial charge is 0.407 e. The number of aliphatic hydroxyl groups excluding tert-OH is 1. The van der Waals surface area contributed by atoms with Crippen LogP contribution in [0.3, 0.4) is 0 Å². The zero-order chi connectivity index (χ0) is 24.5. The molecule has 0 saturated carbocycles. The molecule has 33 heavy (non-hydrogen) atoms. The van der Waals surface area contributed by atoms with Crippen LogP contribution in [0.2, 0.25) is 30.7 Å². The first-order valence-electron chi connectivity index (χ1n) is 11.8. The molecule has 0 heterocycles. The Hall–Kier alpha value is -1.94. The molecule has 5 nitrogen and oxygen atoms in total. The van der Waals surface area contributed by atoms with Crippen molar-refractivity contribution in [3.8, 4) is 0 Å². The SMILES string of the molecule is CC(C)(C)[Si](OCC[C@@H](O)CNC(=O)OCC[Si](C)(C)C)(c1ccccc1)c1ccccc1. The number of benzene rings is 2. The van der Waals surface area contributed by atoms with E-state index in [2.05, 4.69) is 94.3 Å². The van der Waals surface area contributed by atoms with Gasteiger partial charge in [0.2, 0.25) is 0 Å². The van der Waals surface area contributed by atoms with Crippen LogP contribution in [0.15, 0.2) is 60.7 Å². The van der Waals surface area contributed by atoms with Gasteiger partial charge in [-0.3, -0.25) is 0 Å². The van der Waals surface area contributed by atoms with Gasteiger partial charge in [0.15, 0.2) is 0 Å². The van der Waals surface area contributed by atoms with Crippen LogP contribution in [0.25, 0.3) is 0 Å². The first kappa shape index (κ1) is 27.3. The van der Waals surface area contributed by atoms with E-state index in [1.54, 1.807) is 0 Å². The Balaban J connectivity index is 2.02. The molecule has 182 valence electrons. The van der Waals surface area contributed by atoms with Crippen molar-refractivity contribution in [1.29, 1.82) is 0 Å². The highest BCUT2D eigenvalue weighted by atomic mass is 28.4. The minimum absolute atomic E-state index is 0.112. The van der Waals surface area contributed by atoms with Crippen LogP contribution >= 0.6 is 0 Å². The van der Waals surface area contributed by atoms with Crippen molar-refractivity contribution in [2.24, 2.45) is 0 Å². The highest BCUT2D eigenvalue weighted by Crippen LogP contribution is 2.36. The monoisotopic (exact) mass is 487 g/mol. The molecule has 0 aromatic heterocycles. The Bertz CT molecular complexity index is 809. The topological polar surface area (TPSA) is 67.8 Å². The van der Waals surface area contributed by atoms with E-state index in [9.17, 15) is 9.90 Å². The van der Waals surface area contributed by atoms with Gasteiger partial charge in [-0.2, -0.15) is 0 Å². The normalized spacial score (nSPS) is 13.4. The van der Waals surface area contributed by atoms with Crippen LogP contribution < -0.4 is 15.7 Å². The summed E-state index contributed by atoms with van der Waals surface area (Å²) in [5.74, 6) is 0. The van der Waals surface area contributed by atoms with Gasteiger partial charge in [0, 0.05) is 21.2 Å². The molecule has 1 atom stereocenters. The molecule has 0 aliphatic carbocycles. The van der Waals surface area contributed by atoms with Gasteiger partial charge >= 0.3 is 6.09 Å². The molecule has 0 saturated heterocycles. The van der Waals surface area contributed by atoms with Gasteiger partial charge in [0.25, 0.3) is 8.32 Å². The lowest BCUT2D eigenvalue weighted by atomic mass is 10.2. The zero-order valence-corrected chi connectivity index (χ0v) is 23.1. The summed E-state index contributed by atoms with van der Waals surface area (Å²) in [6, 6.07) is 21.8. The van der Waals surface area contributed by atoms with Crippen LogP contribution in [-0.2, 0) is 9.16 Å². The van der Waals surface area contributed by atoms with E-state index in [1.807, 2.05) is 12.1 Å². The van der Waals surface area contributed by atoms with Crippen LogP contribution in [0.1, 0.15) is 27.2 Å². The molecule has 2 aromatic rings. The highest BCUT2D eigenvalue weighted by molar-refractivity contribution is 6.99. The lowest BCUT2D eigenvalue weighted by Crippen LogP contribution is -2.66. The summed E-state index contributed by atoms with van der Waals surface area (Å²) in [7, 11) is -3.86. The highest BCUT2D eigenvalue weighted by Gasteiger charge is 2.50. The lowest BCUT2D eigenvalue weighted by Gasteiger charge is -2.43. The maximum atomic E-state index is 11.9. The summed E-state index contributed by atoms with van der Waals surface area (Å²) in [6.45, 7) is 14.4. The number of hydrogen-bond donors (Lipinski definition) is 2. The van der Waals surface area contributed by atoms with E-state index < -0.39 is 28.6 Å². The summed E-state index contributed by atoms with van der Waals surface area (Å²) < 4.78 is 12.0. The number of ether oxygens (including phenoxy) is 1. The quantitative estimate of drug-likeness (QED) is 0.462. The third-order valence-corrected chi connectivity index (χ3v) is 12.5. The Morgan fingerprint density at radius 3 is 1.91 bits per heavy atom. The molecule has 7 heteroatoms. The largest absolute Gasteiger partial charge is 0.450 e. The molecule has 1 amide bonds. The van der Waals surface area contributed by atoms with Crippen molar-refractivity contribution < 1.29 is 19.1 Å². The lowest BCUT2D eigenvalue weighted by molar-refractivity contribution is 0.119. The maximum absolute atomic E-state index is 11.9. The summed E-state index contributed by atoms with van der Waals surface area (Å²) >= 11 is 0. The summed E-state index contributed by atoms with van der Waals surface area (Å²) in [4.78, 5) is 11.9. The molecule has 0 unspecified atom stereocenters. The molecule has 0 radical (unpaired) electrons. The fourth-order valence-corrected chi connectivity index (χ4v) is 9.21. The van der Waals surface area contributed by atoms with E-state index in [0.717, 1.165) is 6.04 Å². The standard InChI is InChI=1S/C26H41NO4Si2/c1-26(2,3)33(23-13-9-7-10-14-23,24-15-11-8-12-16-24)31-18-17-22(28)21-27-25(29)30-19-20-32(4,5)6/h7-16,22,28H,17-21H2,1-6H3,(H,27,29)/t22-/m1/s1. The van der Waals surface area contributed by atoms with Crippen molar-refractivity contribution >= 4 is 32.9 Å². The predicted molar refractivity (Wildman–Crippen MR) is 142 cm³/mol. The molecule has 0 aliphatic heterocycles. The second-order valence-corrected chi connectivity index (χ2v) is 20.7. The molecule has 0 fully saturated rings. The number of carbonyl (C=O) groups is 1. The zero-order valence-electron chi connectivity index (χ0n) is 21.1. The van der Waals surface area contributed by atoms with Gasteiger partial charge in [-0.15, -0.1) is 0 Å². The maximum Gasteiger partial charge on any atom is 0.407 e. The van der Waals surface area contributed by atoms with Gasteiger partial charge in [0.1, 0.15) is 0 Å². The molecule has 2 aromatic carbocycles. The Morgan fingerprint density at radius 2 is 1.45 bits per heavy atom. The van der Waals surface area contributed by atoms with Crippen molar-refractivity contribution in [1.82, 2.24) is 5.32 Å². The number of nitrogens with one attached hydrogen (secondary N) is 1. The summed E-state index contributed by atoms with van der Waals surface area (Å²) in [5, 5.41) is 15.4. The van der Waals surface area contributed by atoms with Crippen LogP contribution in [0.4, 0.5) is 4.79 Å². The number of alkyl carbamates (subject to hydrolysis) is 1. The van der Waals surface area contributed by atoms with Gasteiger partial charge in [0.05, 0.1) is 12.7 Å². The Labute approximate surface area is 201 Å². The van der Waals surface area contributed by atoms with Crippen LogP contribution in [0, 0.1) is 0 Å². The van der Waals surface area contributed by atoms with Gasteiger partial charge in [-0.05, 0) is 27.9 Å². The molecule has 2 N–H and O–H groups in total. The van der Waals surface area contributed by atoms with Crippen molar-refractivity contribution in [2.75, 3.05) is 19.8 Å². The molecular formula is C26H41NO4Si2. The average Bonchev–Trinajstić information content (AvgIpc) is 2.75. The van der Waals surface area contributed by atoms with E-state index >= 15 is 0 Å². The van der Waals surface area contributed by atoms with Gasteiger partial charge in [-0.25, -0.2) is 4.79 Å². The van der Waals surface area contributed by atoms with E-state index in [0.29, 0.717) is 19.6 Å². The van der Waals surface area contributed by atoms with E-state index in [-0.39, 0.29) is 11.6 Å². The fourth-order valence-electron chi connectivity index (χ4n) is 3.91. The van der Waals surface area contributed by atoms with Crippen LogP contribution in [-0.4, -0.2) is 53.5 Å². The average molecular weight is 488 g/mol. The summed E-state index contributed by atoms with van der Waals surface area (Å²) in [6.07, 6.45) is -0.743. The minimum Gasteiger partial charge on any atom is -0.450 e. The summed E-state index contributed by atoms with van der Waals surface area (Å²) in [5.41, 5.74) is 0. The van der Waals surface area contributed by atoms with Crippen molar-refractivity contribution in [2.45, 2.75) is 64.0 Å². The molecule has 0 spiro atoms. The molecule has 0 aliphatic rings. The van der Waals surface area contributed by atoms with E-state index in [1.165, 1.54) is 10.4 Å². The van der Waals surface area contributed by atoms with E-state index in [4.69, 9.17) is 9.16 Å². The first-order valence-corrected chi connectivity index (χ1v) is 17.4. The predicted octanol–water partition coefficient (Wildman–Crippen LogP) is 4.38. The third-order valence-electron chi connectivity index (χ3n) is 5.75. The third kappa shape index (κ3) is 8.10. The number of carbonyl (C=O) groups excluding carboxylic acids is 1. The second-order valence-electron chi connectivity index (χ2n) is 10.8. The van der Waals surface area contributed by atoms with Crippen molar-refractivity contribution in [3.63, 3.8) is 0 Å². The Morgan fingerprint density at radius 1 is 0.939 bits per heavy atom. The van der Waals surface area contributed by atoms with Gasteiger partial charge in [-0.1, -0.05) is 101 Å². The number of amides is 1. The Kier molecular flexibility index (Phi) is 9.90. The molecule has 2 rings (SSSR count). The number of hydrogen-bond acceptors (Lipinski definition) is 4. The van der Waals surface area contributed by atoms with Crippen molar-refractivity contribution in [3.05, 3.63) is 60.7 Å². The van der Waals surface area contributed by atoms with Gasteiger partial charge < -0.3 is 19.6 Å². The molecule has 0 bridgehead atoms. The second kappa shape index (κ2) is 12.0.